The Kier molecular flexibility index (Phi) is 4.95. The molecule has 5 aromatic rings. The Morgan fingerprint density at radius 2 is 1.82 bits per heavy atom. The van der Waals surface area contributed by atoms with Crippen LogP contribution in [-0.4, -0.2) is 30.4 Å². The topological polar surface area (TPSA) is 109 Å². The van der Waals surface area contributed by atoms with Gasteiger partial charge in [0.2, 0.25) is 0 Å². The minimum absolute atomic E-state index is 0.286. The van der Waals surface area contributed by atoms with E-state index in [0.29, 0.717) is 41.5 Å². The predicted octanol–water partition coefficient (Wildman–Crippen LogP) is 4.65. The molecule has 0 radical (unpaired) electrons. The number of rotatable bonds is 6. The normalized spacial score (nSPS) is 11.4. The molecule has 0 unspecified atom stereocenters. The molecule has 0 saturated carbocycles. The van der Waals surface area contributed by atoms with E-state index in [1.54, 1.807) is 24.5 Å². The first-order valence-corrected chi connectivity index (χ1v) is 10.2. The summed E-state index contributed by atoms with van der Waals surface area (Å²) < 4.78 is 33.3. The van der Waals surface area contributed by atoms with Gasteiger partial charge in [0.25, 0.3) is 0 Å². The van der Waals surface area contributed by atoms with Crippen molar-refractivity contribution in [3.05, 3.63) is 81.4 Å². The lowest BCUT2D eigenvalue weighted by Crippen LogP contribution is -2.15. The van der Waals surface area contributed by atoms with Crippen LogP contribution in [0.2, 0.25) is 0 Å². The zero-order valence-corrected chi connectivity index (χ0v) is 17.5. The second-order valence-electron chi connectivity index (χ2n) is 7.68. The number of hydrogen-bond donors (Lipinski definition) is 1. The van der Waals surface area contributed by atoms with Crippen molar-refractivity contribution in [3.8, 4) is 17.1 Å². The van der Waals surface area contributed by atoms with Gasteiger partial charge >= 0.3 is 5.69 Å². The average molecular weight is 448 g/mol. The lowest BCUT2D eigenvalue weighted by molar-refractivity contribution is 0.628. The van der Waals surface area contributed by atoms with E-state index in [1.807, 2.05) is 16.2 Å². The number of aryl methyl sites for hydroxylation is 2. The number of H-pyrrole nitrogens is 1. The highest BCUT2D eigenvalue weighted by molar-refractivity contribution is 5.96. The molecule has 3 aromatic heterocycles. The number of nitrogens with zero attached hydrogens (tertiary/aromatic N) is 7. The van der Waals surface area contributed by atoms with Crippen molar-refractivity contribution in [2.24, 2.45) is 12.2 Å². The van der Waals surface area contributed by atoms with Gasteiger partial charge in [-0.2, -0.15) is 5.10 Å². The first kappa shape index (κ1) is 20.5. The molecule has 166 valence electrons. The molecule has 0 fully saturated rings. The molecule has 3 heterocycles. The Morgan fingerprint density at radius 1 is 1.09 bits per heavy atom. The van der Waals surface area contributed by atoms with E-state index in [2.05, 4.69) is 20.2 Å². The van der Waals surface area contributed by atoms with Crippen molar-refractivity contribution < 1.29 is 8.78 Å². The van der Waals surface area contributed by atoms with Crippen LogP contribution >= 0.6 is 0 Å². The molecule has 0 aliphatic carbocycles. The lowest BCUT2D eigenvalue weighted by Gasteiger charge is -2.04. The van der Waals surface area contributed by atoms with Crippen LogP contribution in [0.4, 0.5) is 8.78 Å². The molecule has 5 rings (SSSR count). The maximum absolute atomic E-state index is 14.2. The second kappa shape index (κ2) is 7.95. The fourth-order valence-electron chi connectivity index (χ4n) is 4.21. The largest absolute Gasteiger partial charge is 0.350 e. The van der Waals surface area contributed by atoms with E-state index < -0.39 is 17.3 Å². The first-order valence-electron chi connectivity index (χ1n) is 10.2. The van der Waals surface area contributed by atoms with Gasteiger partial charge in [0.05, 0.1) is 11.2 Å². The Morgan fingerprint density at radius 3 is 2.58 bits per heavy atom. The third kappa shape index (κ3) is 3.44. The number of hydrogen-bond acceptors (Lipinski definition) is 3. The van der Waals surface area contributed by atoms with Gasteiger partial charge in [0.1, 0.15) is 11.6 Å². The van der Waals surface area contributed by atoms with Crippen molar-refractivity contribution in [3.63, 3.8) is 0 Å². The molecule has 0 amide bonds. The summed E-state index contributed by atoms with van der Waals surface area (Å²) in [6.07, 6.45) is 4.09. The molecule has 0 spiro atoms. The van der Waals surface area contributed by atoms with Crippen molar-refractivity contribution in [2.75, 3.05) is 6.54 Å². The number of aromatic nitrogens is 5. The van der Waals surface area contributed by atoms with Crippen LogP contribution < -0.4 is 5.69 Å². The molecule has 2 aromatic carbocycles. The molecule has 9 nitrogen and oxygen atoms in total. The number of aromatic amines is 1. The van der Waals surface area contributed by atoms with Gasteiger partial charge in [0, 0.05) is 59.3 Å². The molecular formula is C22H18F2N8O. The van der Waals surface area contributed by atoms with E-state index in [4.69, 9.17) is 5.53 Å². The van der Waals surface area contributed by atoms with Crippen molar-refractivity contribution in [1.82, 2.24) is 23.9 Å². The molecule has 33 heavy (non-hydrogen) atoms. The molecule has 0 saturated heterocycles. The van der Waals surface area contributed by atoms with Crippen LogP contribution in [0.1, 0.15) is 6.42 Å². The summed E-state index contributed by atoms with van der Waals surface area (Å²) >= 11 is 0. The standard InChI is InChI=1S/C22H18F2N8O/c1-30-11-17(15-9-13(23)3-5-18(15)30)21-27-28-22(33)32(21)20-12-31(8-2-7-26-29-25)19-6-4-14(24)10-16(19)20/h3-6,9-12H,2,7-8H2,1H3,(H,28,33). The minimum atomic E-state index is -0.504. The molecule has 0 aliphatic rings. The highest BCUT2D eigenvalue weighted by Crippen LogP contribution is 2.32. The fraction of sp³-hybridized carbons (Fsp3) is 0.182. The summed E-state index contributed by atoms with van der Waals surface area (Å²) in [5.74, 6) is -0.562. The van der Waals surface area contributed by atoms with Gasteiger partial charge in [-0.15, -0.1) is 0 Å². The quantitative estimate of drug-likeness (QED) is 0.177. The molecular weight excluding hydrogens is 430 g/mol. The van der Waals surface area contributed by atoms with Crippen LogP contribution in [0.5, 0.6) is 0 Å². The van der Waals surface area contributed by atoms with Crippen LogP contribution in [-0.2, 0) is 13.6 Å². The third-order valence-electron chi connectivity index (χ3n) is 5.65. The van der Waals surface area contributed by atoms with Crippen LogP contribution in [0, 0.1) is 11.6 Å². The molecule has 0 bridgehead atoms. The smallest absolute Gasteiger partial charge is 0.348 e. The van der Waals surface area contributed by atoms with Gasteiger partial charge in [-0.3, -0.25) is 0 Å². The monoisotopic (exact) mass is 448 g/mol. The highest BCUT2D eigenvalue weighted by atomic mass is 19.1. The predicted molar refractivity (Wildman–Crippen MR) is 120 cm³/mol. The van der Waals surface area contributed by atoms with Gasteiger partial charge in [-0.05, 0) is 48.4 Å². The number of halogens is 2. The Bertz CT molecular complexity index is 1620. The van der Waals surface area contributed by atoms with E-state index in [1.165, 1.54) is 28.8 Å². The SMILES string of the molecule is Cn1cc(-c2n[nH]c(=O)n2-c2cn(CCCN=[N+]=[N-])c3ccc(F)cc23)c2cc(F)ccc21. The summed E-state index contributed by atoms with van der Waals surface area (Å²) in [6, 6.07) is 8.78. The molecule has 1 N–H and O–H groups in total. The zero-order valence-electron chi connectivity index (χ0n) is 17.5. The summed E-state index contributed by atoms with van der Waals surface area (Å²) in [7, 11) is 1.82. The zero-order chi connectivity index (χ0) is 23.1. The van der Waals surface area contributed by atoms with Crippen molar-refractivity contribution in [2.45, 2.75) is 13.0 Å². The van der Waals surface area contributed by atoms with Gasteiger partial charge in [-0.1, -0.05) is 5.11 Å². The Labute approximate surface area is 185 Å². The number of azide groups is 1. The summed E-state index contributed by atoms with van der Waals surface area (Å²) in [6.45, 7) is 0.813. The second-order valence-corrected chi connectivity index (χ2v) is 7.68. The maximum atomic E-state index is 14.2. The highest BCUT2D eigenvalue weighted by Gasteiger charge is 2.21. The average Bonchev–Trinajstić information content (AvgIpc) is 3.44. The van der Waals surface area contributed by atoms with Gasteiger partial charge in [0.15, 0.2) is 5.82 Å². The number of fused-ring (bicyclic) bond motifs is 2. The van der Waals surface area contributed by atoms with Crippen LogP contribution in [0.3, 0.4) is 0 Å². The third-order valence-corrected chi connectivity index (χ3v) is 5.65. The lowest BCUT2D eigenvalue weighted by atomic mass is 10.1. The molecule has 0 atom stereocenters. The van der Waals surface area contributed by atoms with Crippen molar-refractivity contribution in [1.29, 1.82) is 0 Å². The number of nitrogens with one attached hydrogen (secondary N) is 1. The number of benzene rings is 2. The van der Waals surface area contributed by atoms with Gasteiger partial charge < -0.3 is 9.13 Å². The fourth-order valence-corrected chi connectivity index (χ4v) is 4.21. The van der Waals surface area contributed by atoms with E-state index >= 15 is 0 Å². The maximum Gasteiger partial charge on any atom is 0.348 e. The van der Waals surface area contributed by atoms with E-state index in [9.17, 15) is 13.6 Å². The van der Waals surface area contributed by atoms with E-state index in [-0.39, 0.29) is 5.82 Å². The van der Waals surface area contributed by atoms with Crippen LogP contribution in [0.15, 0.2) is 58.7 Å². The van der Waals surface area contributed by atoms with Crippen molar-refractivity contribution >= 4 is 21.8 Å². The Balaban J connectivity index is 1.72. The minimum Gasteiger partial charge on any atom is -0.350 e. The molecule has 0 aliphatic heterocycles. The summed E-state index contributed by atoms with van der Waals surface area (Å²) in [5, 5.41) is 11.3. The van der Waals surface area contributed by atoms with Crippen LogP contribution in [0.25, 0.3) is 49.3 Å². The Hall–Kier alpha value is -4.37. The van der Waals surface area contributed by atoms with Gasteiger partial charge in [-0.25, -0.2) is 23.2 Å². The summed E-state index contributed by atoms with van der Waals surface area (Å²) in [4.78, 5) is 15.6. The first-order chi connectivity index (χ1) is 16.0. The summed E-state index contributed by atoms with van der Waals surface area (Å²) in [5.41, 5.74) is 10.5. The molecule has 11 heteroatoms. The van der Waals surface area contributed by atoms with E-state index in [0.717, 1.165) is 11.0 Å².